The van der Waals surface area contributed by atoms with Gasteiger partial charge in [-0.3, -0.25) is 0 Å². The Kier molecular flexibility index (Phi) is 15.6. The Morgan fingerprint density at radius 3 is 0.532 bits per heavy atom. The molecule has 1 radical (unpaired) electrons. The fraction of sp³-hybridized carbons (Fsp3) is 0.200. The molecule has 24 rings (SSSR count). The summed E-state index contributed by atoms with van der Waals surface area (Å²) in [5.74, 6) is 4.36. The van der Waals surface area contributed by atoms with Gasteiger partial charge in [0.2, 0.25) is 0 Å². The fourth-order valence-electron chi connectivity index (χ4n) is 9.68. The average molecular weight is 1240 g/mol. The fourth-order valence-corrected chi connectivity index (χ4v) is 22.6. The third-order valence-electron chi connectivity index (χ3n) is 14.8. The molecule has 0 aliphatic carbocycles. The maximum atomic E-state index is 6.31. The van der Waals surface area contributed by atoms with Crippen LogP contribution in [0.4, 0.5) is 0 Å². The van der Waals surface area contributed by atoms with Gasteiger partial charge in [0.15, 0.2) is 13.4 Å². The Hall–Kier alpha value is -4.87. The van der Waals surface area contributed by atoms with E-state index in [0.717, 1.165) is 44.5 Å². The van der Waals surface area contributed by atoms with Crippen LogP contribution in [0, 0.1) is 0 Å². The second-order valence-corrected chi connectivity index (χ2v) is 33.7. The van der Waals surface area contributed by atoms with Gasteiger partial charge in [-0.1, -0.05) is 152 Å². The molecule has 8 aromatic carbocycles. The molecule has 0 N–H and O–H groups in total. The van der Waals surface area contributed by atoms with Gasteiger partial charge in [0.1, 0.15) is 46.0 Å². The van der Waals surface area contributed by atoms with Crippen LogP contribution in [0.2, 0.25) is 0 Å². The average Bonchev–Trinajstić information content (AvgIpc) is 3.47. The normalized spacial score (nSPS) is 18.9. The maximum absolute atomic E-state index is 6.31. The molecule has 407 valence electrons. The van der Waals surface area contributed by atoms with Gasteiger partial charge in [-0.2, -0.15) is 0 Å². The minimum absolute atomic E-state index is 0. The second kappa shape index (κ2) is 21.5. The van der Waals surface area contributed by atoms with E-state index in [1.807, 2.05) is 194 Å². The third kappa shape index (κ3) is 12.1. The molecule has 0 amide bonds. The molecule has 0 saturated carbocycles. The van der Waals surface area contributed by atoms with E-state index < -0.39 is 26.7 Å². The van der Waals surface area contributed by atoms with E-state index in [4.69, 9.17) is 93.3 Å². The molecular weight excluding hydrogens is 1190 g/mol. The second-order valence-electron chi connectivity index (χ2n) is 21.5. The van der Waals surface area contributed by atoms with Crippen molar-refractivity contribution in [3.05, 3.63) is 239 Å². The molecule has 16 heterocycles. The standard InChI is InChI=1S/2C30H28NO4P2S2.Co/c2*1-29(2)21-5-13-25(14-6-21)32-36(38,33-26-15-7-22(29)8-16-26)31-37(39)34-27-17-9-23(10-18-27)30(3,4)24-11-19-28(35-37)20-12-24;/h2*5-20H,1-4H3;/q2*-1;+2. The summed E-state index contributed by atoms with van der Waals surface area (Å²) in [4.78, 5) is 0. The van der Waals surface area contributed by atoms with Crippen LogP contribution in [0.1, 0.15) is 99.9 Å². The maximum Gasteiger partial charge on any atom is 2.00 e. The number of hydrogen-bond acceptors (Lipinski definition) is 12. The number of benzene rings is 8. The zero-order valence-corrected chi connectivity index (χ0v) is 52.3. The Balaban J connectivity index is 0.000000176. The minimum Gasteiger partial charge on any atom is -0.656 e. The molecule has 8 aromatic rings. The quantitative estimate of drug-likeness (QED) is 0.122. The predicted octanol–water partition coefficient (Wildman–Crippen LogP) is 18.6. The van der Waals surface area contributed by atoms with E-state index in [1.165, 1.54) is 0 Å². The number of rotatable bonds is 2. The van der Waals surface area contributed by atoms with Crippen LogP contribution in [-0.2, 0) is 86.5 Å². The monoisotopic (exact) mass is 1240 g/mol. The molecule has 79 heavy (non-hydrogen) atoms. The summed E-state index contributed by atoms with van der Waals surface area (Å²) in [5, 5.41) is 0. The summed E-state index contributed by atoms with van der Waals surface area (Å²) in [6, 6.07) is 62.9. The Morgan fingerprint density at radius 2 is 0.392 bits per heavy atom. The zero-order chi connectivity index (χ0) is 54.9. The van der Waals surface area contributed by atoms with Crippen molar-refractivity contribution in [2.45, 2.75) is 77.0 Å². The molecule has 19 heteroatoms. The summed E-state index contributed by atoms with van der Waals surface area (Å²) in [6.07, 6.45) is 0. The number of nitrogens with zero attached hydrogens (tertiary/aromatic N) is 2. The van der Waals surface area contributed by atoms with Gasteiger partial charge in [0.05, 0.1) is 0 Å². The third-order valence-corrected chi connectivity index (χ3v) is 26.3. The first-order valence-electron chi connectivity index (χ1n) is 25.2. The molecule has 0 aromatic heterocycles. The van der Waals surface area contributed by atoms with E-state index in [2.05, 4.69) is 55.4 Å². The van der Waals surface area contributed by atoms with Gasteiger partial charge in [-0.25, -0.2) is 0 Å². The first-order valence-corrected chi connectivity index (χ1v) is 35.6. The number of hydrogen-bond donors (Lipinski definition) is 0. The van der Waals surface area contributed by atoms with Crippen molar-refractivity contribution in [3.8, 4) is 46.0 Å². The van der Waals surface area contributed by atoms with E-state index in [9.17, 15) is 0 Å². The van der Waals surface area contributed by atoms with Crippen molar-refractivity contribution in [2.24, 2.45) is 9.03 Å². The van der Waals surface area contributed by atoms with E-state index >= 15 is 0 Å². The van der Waals surface area contributed by atoms with Gasteiger partial charge in [0, 0.05) is 45.3 Å². The van der Waals surface area contributed by atoms with Crippen LogP contribution in [0.15, 0.2) is 203 Å². The van der Waals surface area contributed by atoms with Crippen molar-refractivity contribution in [1.29, 1.82) is 0 Å². The smallest absolute Gasteiger partial charge is 0.656 e. The van der Waals surface area contributed by atoms with Crippen molar-refractivity contribution >= 4 is 74.8 Å². The first kappa shape index (κ1) is 57.4. The van der Waals surface area contributed by atoms with Gasteiger partial charge >= 0.3 is 30.1 Å². The minimum atomic E-state index is -3.45. The topological polar surface area (TPSA) is 98.6 Å². The van der Waals surface area contributed by atoms with Crippen LogP contribution in [-0.4, -0.2) is 0 Å². The first-order chi connectivity index (χ1) is 36.9. The van der Waals surface area contributed by atoms with Gasteiger partial charge in [-0.05, 0) is 142 Å². The van der Waals surface area contributed by atoms with Crippen molar-refractivity contribution in [2.75, 3.05) is 0 Å². The van der Waals surface area contributed by atoms with Crippen LogP contribution in [0.25, 0.3) is 0 Å². The molecule has 0 fully saturated rings. The zero-order valence-electron chi connectivity index (χ0n) is 44.4. The molecule has 16 aliphatic rings. The van der Waals surface area contributed by atoms with E-state index in [0.29, 0.717) is 46.0 Å². The van der Waals surface area contributed by atoms with Crippen LogP contribution < -0.4 is 36.2 Å². The summed E-state index contributed by atoms with van der Waals surface area (Å²) < 4.78 is 60.1. The summed E-state index contributed by atoms with van der Waals surface area (Å²) in [5.41, 5.74) is 8.49. The molecule has 0 spiro atoms. The molecule has 0 saturated heterocycles. The van der Waals surface area contributed by atoms with Crippen LogP contribution in [0.5, 0.6) is 46.0 Å². The Bertz CT molecular complexity index is 3300. The molecular formula is C60H56CoN2O8P4S4. The van der Waals surface area contributed by atoms with Gasteiger partial charge in [0.25, 0.3) is 0 Å². The van der Waals surface area contributed by atoms with E-state index in [-0.39, 0.29) is 38.4 Å². The Labute approximate surface area is 494 Å². The van der Waals surface area contributed by atoms with Crippen molar-refractivity contribution < 1.29 is 53.0 Å². The molecule has 0 unspecified atom stereocenters. The van der Waals surface area contributed by atoms with E-state index in [1.54, 1.807) is 0 Å². The molecule has 16 bridgehead atoms. The SMILES string of the molecule is CC1(C)c2ccc(cc2)OP(=S)(N=P2([S-])Oc3ccc(cc3)C(C)(C)c3ccc(cc3)O2)Oc2ccc1cc2.CC1(C)c2ccc(cc2)OP(=S)(N=P2([S-])Oc3ccc(cc3)C(C)(C)c3ccc(cc3)O2)Oc2ccc1cc2.[Co+2]. The molecule has 10 nitrogen and oxygen atoms in total. The predicted molar refractivity (Wildman–Crippen MR) is 327 cm³/mol. The molecule has 0 atom stereocenters. The van der Waals surface area contributed by atoms with Crippen molar-refractivity contribution in [3.63, 3.8) is 0 Å². The summed E-state index contributed by atoms with van der Waals surface area (Å²) >= 11 is 24.0. The Morgan fingerprint density at radius 1 is 0.266 bits per heavy atom. The van der Waals surface area contributed by atoms with Crippen molar-refractivity contribution in [1.82, 2.24) is 0 Å². The molecule has 16 aliphatic heterocycles. The van der Waals surface area contributed by atoms with Crippen LogP contribution >= 0.6 is 26.7 Å². The van der Waals surface area contributed by atoms with Gasteiger partial charge < -0.3 is 60.7 Å². The summed E-state index contributed by atoms with van der Waals surface area (Å²) in [6.45, 7) is 3.70. The van der Waals surface area contributed by atoms with Crippen LogP contribution in [0.3, 0.4) is 0 Å². The summed E-state index contributed by atoms with van der Waals surface area (Å²) in [7, 11) is 0. The van der Waals surface area contributed by atoms with Gasteiger partial charge in [-0.15, -0.1) is 9.03 Å². The largest absolute Gasteiger partial charge is 2.00 e.